The first kappa shape index (κ1) is 16.3. The Bertz CT molecular complexity index is 631. The summed E-state index contributed by atoms with van der Waals surface area (Å²) in [6.45, 7) is 8.40. The van der Waals surface area contributed by atoms with E-state index >= 15 is 0 Å². The van der Waals surface area contributed by atoms with Crippen LogP contribution in [0.3, 0.4) is 0 Å². The third-order valence-electron chi connectivity index (χ3n) is 4.10. The van der Waals surface area contributed by atoms with E-state index in [-0.39, 0.29) is 11.8 Å². The van der Waals surface area contributed by atoms with Crippen molar-refractivity contribution in [2.24, 2.45) is 0 Å². The molecule has 1 amide bonds. The summed E-state index contributed by atoms with van der Waals surface area (Å²) in [5, 5.41) is 3.17. The van der Waals surface area contributed by atoms with E-state index in [4.69, 9.17) is 0 Å². The number of hydrogen-bond acceptors (Lipinski definition) is 1. The summed E-state index contributed by atoms with van der Waals surface area (Å²) in [5.41, 5.74) is 4.35. The fraction of sp³-hybridized carbons (Fsp3) is 0.350. The largest absolute Gasteiger partial charge is 0.325 e. The average Bonchev–Trinajstić information content (AvgIpc) is 2.51. The van der Waals surface area contributed by atoms with Crippen LogP contribution in [0.5, 0.6) is 0 Å². The summed E-state index contributed by atoms with van der Waals surface area (Å²) in [4.78, 5) is 12.8. The highest BCUT2D eigenvalue weighted by Gasteiger charge is 2.20. The molecule has 116 valence electrons. The molecule has 0 aliphatic rings. The van der Waals surface area contributed by atoms with Gasteiger partial charge in [0.15, 0.2) is 0 Å². The number of nitrogens with one attached hydrogen (secondary N) is 1. The Labute approximate surface area is 133 Å². The minimum Gasteiger partial charge on any atom is -0.325 e. The second-order valence-corrected chi connectivity index (χ2v) is 6.05. The molecule has 1 atom stereocenters. The first-order valence-electron chi connectivity index (χ1n) is 7.99. The van der Waals surface area contributed by atoms with Gasteiger partial charge in [0.25, 0.3) is 0 Å². The second kappa shape index (κ2) is 7.26. The highest BCUT2D eigenvalue weighted by molar-refractivity contribution is 5.97. The van der Waals surface area contributed by atoms with Gasteiger partial charge in [0, 0.05) is 5.69 Å². The lowest BCUT2D eigenvalue weighted by molar-refractivity contribution is -0.117. The van der Waals surface area contributed by atoms with Crippen LogP contribution in [-0.4, -0.2) is 5.91 Å². The number of carbonyl (C=O) groups is 1. The van der Waals surface area contributed by atoms with Crippen LogP contribution >= 0.6 is 0 Å². The number of anilines is 1. The van der Waals surface area contributed by atoms with Crippen molar-refractivity contribution < 1.29 is 4.79 Å². The Morgan fingerprint density at radius 1 is 1.05 bits per heavy atom. The van der Waals surface area contributed by atoms with Crippen molar-refractivity contribution in [2.45, 2.75) is 46.0 Å². The molecule has 2 heteroatoms. The number of rotatable bonds is 5. The fourth-order valence-corrected chi connectivity index (χ4v) is 2.81. The minimum absolute atomic E-state index is 0.0740. The van der Waals surface area contributed by atoms with Gasteiger partial charge in [-0.2, -0.15) is 0 Å². The van der Waals surface area contributed by atoms with E-state index in [9.17, 15) is 4.79 Å². The van der Waals surface area contributed by atoms with Crippen LogP contribution in [0.1, 0.15) is 55.7 Å². The zero-order valence-electron chi connectivity index (χ0n) is 13.9. The molecule has 2 aromatic rings. The Balaban J connectivity index is 2.29. The number of amides is 1. The molecule has 2 nitrogen and oxygen atoms in total. The summed E-state index contributed by atoms with van der Waals surface area (Å²) in [6.07, 6.45) is 0.790. The van der Waals surface area contributed by atoms with Gasteiger partial charge in [0.2, 0.25) is 5.91 Å². The van der Waals surface area contributed by atoms with Crippen molar-refractivity contribution in [1.29, 1.82) is 0 Å². The number of benzene rings is 2. The number of hydrogen-bond donors (Lipinski definition) is 1. The molecule has 0 heterocycles. The molecule has 1 N–H and O–H groups in total. The van der Waals surface area contributed by atoms with Crippen LogP contribution in [0.25, 0.3) is 0 Å². The molecule has 0 radical (unpaired) electrons. The van der Waals surface area contributed by atoms with E-state index < -0.39 is 0 Å². The quantitative estimate of drug-likeness (QED) is 0.802. The normalized spacial score (nSPS) is 12.2. The molecule has 0 aliphatic heterocycles. The van der Waals surface area contributed by atoms with Crippen molar-refractivity contribution in [1.82, 2.24) is 0 Å². The molecule has 2 aromatic carbocycles. The standard InChI is InChI=1S/C20H25NO/c1-5-17(16-11-7-6-8-12-16)20(22)21-19-15(4)10-9-13-18(19)14(2)3/h6-14,17H,5H2,1-4H3,(H,21,22). The van der Waals surface area contributed by atoms with Crippen LogP contribution in [0.15, 0.2) is 48.5 Å². The third kappa shape index (κ3) is 3.56. The van der Waals surface area contributed by atoms with Gasteiger partial charge in [-0.05, 0) is 36.0 Å². The molecule has 0 aromatic heterocycles. The fourth-order valence-electron chi connectivity index (χ4n) is 2.81. The highest BCUT2D eigenvalue weighted by Crippen LogP contribution is 2.29. The van der Waals surface area contributed by atoms with Gasteiger partial charge in [-0.15, -0.1) is 0 Å². The summed E-state index contributed by atoms with van der Waals surface area (Å²) in [6, 6.07) is 16.2. The zero-order chi connectivity index (χ0) is 16.1. The Hall–Kier alpha value is -2.09. The minimum atomic E-state index is -0.110. The predicted molar refractivity (Wildman–Crippen MR) is 93.4 cm³/mol. The average molecular weight is 295 g/mol. The smallest absolute Gasteiger partial charge is 0.231 e. The molecule has 0 aliphatic carbocycles. The molecule has 1 unspecified atom stereocenters. The van der Waals surface area contributed by atoms with E-state index in [1.807, 2.05) is 43.3 Å². The van der Waals surface area contributed by atoms with Gasteiger partial charge in [0.05, 0.1) is 5.92 Å². The molecule has 0 spiro atoms. The van der Waals surface area contributed by atoms with E-state index in [0.29, 0.717) is 5.92 Å². The summed E-state index contributed by atoms with van der Waals surface area (Å²) >= 11 is 0. The SMILES string of the molecule is CCC(C(=O)Nc1c(C)cccc1C(C)C)c1ccccc1. The second-order valence-electron chi connectivity index (χ2n) is 6.05. The first-order valence-corrected chi connectivity index (χ1v) is 7.99. The Morgan fingerprint density at radius 2 is 1.73 bits per heavy atom. The number of carbonyl (C=O) groups excluding carboxylic acids is 1. The number of para-hydroxylation sites is 1. The molecule has 0 saturated carbocycles. The van der Waals surface area contributed by atoms with E-state index in [1.54, 1.807) is 0 Å². The van der Waals surface area contributed by atoms with Crippen LogP contribution in [-0.2, 0) is 4.79 Å². The molecule has 0 fully saturated rings. The van der Waals surface area contributed by atoms with Crippen molar-refractivity contribution in [3.63, 3.8) is 0 Å². The predicted octanol–water partition coefficient (Wildman–Crippen LogP) is 5.25. The topological polar surface area (TPSA) is 29.1 Å². The van der Waals surface area contributed by atoms with E-state index in [2.05, 4.69) is 38.2 Å². The van der Waals surface area contributed by atoms with Gasteiger partial charge in [-0.25, -0.2) is 0 Å². The van der Waals surface area contributed by atoms with Crippen molar-refractivity contribution in [2.75, 3.05) is 5.32 Å². The summed E-state index contributed by atoms with van der Waals surface area (Å²) in [5.74, 6) is 0.345. The molecule has 2 rings (SSSR count). The van der Waals surface area contributed by atoms with Crippen LogP contribution in [0, 0.1) is 6.92 Å². The maximum absolute atomic E-state index is 12.8. The molecule has 0 bridgehead atoms. The van der Waals surface area contributed by atoms with Crippen molar-refractivity contribution in [3.8, 4) is 0 Å². The van der Waals surface area contributed by atoms with Crippen LogP contribution in [0.2, 0.25) is 0 Å². The van der Waals surface area contributed by atoms with Gasteiger partial charge in [-0.1, -0.05) is 69.3 Å². The lowest BCUT2D eigenvalue weighted by Crippen LogP contribution is -2.22. The van der Waals surface area contributed by atoms with Crippen molar-refractivity contribution in [3.05, 3.63) is 65.2 Å². The van der Waals surface area contributed by atoms with E-state index in [0.717, 1.165) is 23.2 Å². The van der Waals surface area contributed by atoms with Crippen molar-refractivity contribution >= 4 is 11.6 Å². The maximum atomic E-state index is 12.8. The highest BCUT2D eigenvalue weighted by atomic mass is 16.1. The van der Waals surface area contributed by atoms with Crippen LogP contribution < -0.4 is 5.32 Å². The van der Waals surface area contributed by atoms with Gasteiger partial charge >= 0.3 is 0 Å². The summed E-state index contributed by atoms with van der Waals surface area (Å²) < 4.78 is 0. The molecule has 0 saturated heterocycles. The Kier molecular flexibility index (Phi) is 5.37. The lowest BCUT2D eigenvalue weighted by Gasteiger charge is -2.20. The van der Waals surface area contributed by atoms with Gasteiger partial charge in [0.1, 0.15) is 0 Å². The number of aryl methyl sites for hydroxylation is 1. The molecular formula is C20H25NO. The van der Waals surface area contributed by atoms with Gasteiger partial charge < -0.3 is 5.32 Å². The third-order valence-corrected chi connectivity index (χ3v) is 4.10. The monoisotopic (exact) mass is 295 g/mol. The van der Waals surface area contributed by atoms with Crippen LogP contribution in [0.4, 0.5) is 5.69 Å². The van der Waals surface area contributed by atoms with Gasteiger partial charge in [-0.3, -0.25) is 4.79 Å². The molecular weight excluding hydrogens is 270 g/mol. The maximum Gasteiger partial charge on any atom is 0.231 e. The molecule has 22 heavy (non-hydrogen) atoms. The Morgan fingerprint density at radius 3 is 2.32 bits per heavy atom. The first-order chi connectivity index (χ1) is 10.5. The van der Waals surface area contributed by atoms with E-state index in [1.165, 1.54) is 5.56 Å². The zero-order valence-corrected chi connectivity index (χ0v) is 13.9. The summed E-state index contributed by atoms with van der Waals surface area (Å²) in [7, 11) is 0. The lowest BCUT2D eigenvalue weighted by atomic mass is 9.94.